The fraction of sp³-hybridized carbons (Fsp3) is 0.105. The zero-order valence-electron chi connectivity index (χ0n) is 14.5. The number of carbonyl (C=O) groups is 3. The number of thioether (sulfide) groups is 1. The number of hydrogen-bond donors (Lipinski definition) is 1. The van der Waals surface area contributed by atoms with Crippen molar-refractivity contribution >= 4 is 58.1 Å². The molecule has 0 spiro atoms. The van der Waals surface area contributed by atoms with Crippen LogP contribution in [0.15, 0.2) is 41.3 Å². The van der Waals surface area contributed by atoms with Gasteiger partial charge in [0.2, 0.25) is 0 Å². The predicted octanol–water partition coefficient (Wildman–Crippen LogP) is 4.74. The highest BCUT2D eigenvalue weighted by Gasteiger charge is 2.34. The molecule has 0 bridgehead atoms. The van der Waals surface area contributed by atoms with Crippen molar-refractivity contribution in [2.24, 2.45) is 0 Å². The summed E-state index contributed by atoms with van der Waals surface area (Å²) in [7, 11) is 0. The van der Waals surface area contributed by atoms with E-state index in [4.69, 9.17) is 23.2 Å². The van der Waals surface area contributed by atoms with Crippen molar-refractivity contribution in [1.82, 2.24) is 10.2 Å². The summed E-state index contributed by atoms with van der Waals surface area (Å²) in [6, 6.07) is 7.47. The molecule has 3 rings (SSSR count). The molecule has 2 aromatic rings. The molecule has 1 N–H and O–H groups in total. The van der Waals surface area contributed by atoms with E-state index < -0.39 is 28.7 Å². The summed E-state index contributed by atoms with van der Waals surface area (Å²) in [5.41, 5.74) is 0.154. The first-order chi connectivity index (χ1) is 13.8. The van der Waals surface area contributed by atoms with Crippen LogP contribution < -0.4 is 5.32 Å². The van der Waals surface area contributed by atoms with Gasteiger partial charge in [0.1, 0.15) is 11.6 Å². The van der Waals surface area contributed by atoms with Gasteiger partial charge in [0, 0.05) is 19.2 Å². The lowest BCUT2D eigenvalue weighted by Crippen LogP contribution is -2.37. The molecule has 1 heterocycles. The van der Waals surface area contributed by atoms with Crippen LogP contribution in [0.1, 0.15) is 15.9 Å². The number of imide groups is 1. The molecule has 3 amide bonds. The predicted molar refractivity (Wildman–Crippen MR) is 108 cm³/mol. The summed E-state index contributed by atoms with van der Waals surface area (Å²) in [6.07, 6.45) is 1.46. The average Bonchev–Trinajstić information content (AvgIpc) is 2.92. The van der Waals surface area contributed by atoms with E-state index in [1.54, 1.807) is 18.2 Å². The van der Waals surface area contributed by atoms with Gasteiger partial charge in [-0.3, -0.25) is 19.3 Å². The normalized spacial score (nSPS) is 15.3. The van der Waals surface area contributed by atoms with E-state index >= 15 is 0 Å². The Morgan fingerprint density at radius 3 is 2.66 bits per heavy atom. The smallest absolute Gasteiger partial charge is 0.293 e. The Bertz CT molecular complexity index is 1050. The van der Waals surface area contributed by atoms with Crippen LogP contribution in [0.2, 0.25) is 10.0 Å². The molecule has 1 aliphatic rings. The van der Waals surface area contributed by atoms with Crippen molar-refractivity contribution in [2.45, 2.75) is 0 Å². The fourth-order valence-electron chi connectivity index (χ4n) is 2.52. The topological polar surface area (TPSA) is 66.5 Å². The molecule has 0 radical (unpaired) electrons. The number of hydrogen-bond acceptors (Lipinski definition) is 4. The lowest BCUT2D eigenvalue weighted by molar-refractivity contribution is -0.122. The Morgan fingerprint density at radius 2 is 1.93 bits per heavy atom. The van der Waals surface area contributed by atoms with Gasteiger partial charge in [0.05, 0.1) is 20.5 Å². The van der Waals surface area contributed by atoms with Gasteiger partial charge in [-0.1, -0.05) is 35.3 Å². The summed E-state index contributed by atoms with van der Waals surface area (Å²) >= 11 is 12.8. The largest absolute Gasteiger partial charge is 0.350 e. The van der Waals surface area contributed by atoms with Crippen molar-refractivity contribution in [3.8, 4) is 0 Å². The number of carbonyl (C=O) groups excluding carboxylic acids is 3. The van der Waals surface area contributed by atoms with Gasteiger partial charge >= 0.3 is 0 Å². The highest BCUT2D eigenvalue weighted by atomic mass is 35.5. The van der Waals surface area contributed by atoms with Crippen LogP contribution in [0, 0.1) is 11.6 Å². The number of nitrogens with one attached hydrogen (secondary N) is 1. The van der Waals surface area contributed by atoms with E-state index in [1.807, 2.05) is 0 Å². The van der Waals surface area contributed by atoms with Gasteiger partial charge in [-0.2, -0.15) is 0 Å². The molecule has 0 atom stereocenters. The first-order valence-electron chi connectivity index (χ1n) is 8.20. The minimum absolute atomic E-state index is 0.0983. The van der Waals surface area contributed by atoms with Crippen molar-refractivity contribution in [2.75, 3.05) is 13.1 Å². The molecule has 5 nitrogen and oxygen atoms in total. The molecule has 10 heteroatoms. The molecule has 1 saturated heterocycles. The van der Waals surface area contributed by atoms with Gasteiger partial charge in [0.15, 0.2) is 0 Å². The third kappa shape index (κ3) is 4.77. The Morgan fingerprint density at radius 1 is 1.17 bits per heavy atom. The fourth-order valence-corrected chi connectivity index (χ4v) is 3.73. The number of benzene rings is 2. The molecule has 0 saturated carbocycles. The molecule has 1 fully saturated rings. The molecule has 150 valence electrons. The second kappa shape index (κ2) is 8.94. The van der Waals surface area contributed by atoms with Gasteiger partial charge in [-0.15, -0.1) is 0 Å². The summed E-state index contributed by atoms with van der Waals surface area (Å²) in [4.78, 5) is 37.7. The highest BCUT2D eigenvalue weighted by Crippen LogP contribution is 2.34. The Kier molecular flexibility index (Phi) is 6.56. The lowest BCUT2D eigenvalue weighted by Gasteiger charge is -2.13. The minimum Gasteiger partial charge on any atom is -0.350 e. The van der Waals surface area contributed by atoms with Crippen molar-refractivity contribution in [1.29, 1.82) is 0 Å². The Hall–Kier alpha value is -2.42. The highest BCUT2D eigenvalue weighted by molar-refractivity contribution is 8.18. The summed E-state index contributed by atoms with van der Waals surface area (Å²) in [6.45, 7) is -0.210. The third-order valence-corrected chi connectivity index (χ3v) is 5.68. The first-order valence-corrected chi connectivity index (χ1v) is 9.78. The van der Waals surface area contributed by atoms with Crippen LogP contribution in [0.25, 0.3) is 6.08 Å². The minimum atomic E-state index is -1.00. The molecule has 0 aromatic heterocycles. The third-order valence-electron chi connectivity index (χ3n) is 3.94. The average molecular weight is 457 g/mol. The maximum atomic E-state index is 13.6. The molecule has 29 heavy (non-hydrogen) atoms. The standard InChI is InChI=1S/C19H12Cl2F2N2O3S/c20-13-3-1-2-10(16(13)21)8-15-18(27)25(19(28)29-15)7-6-24-17(26)12-5-4-11(22)9-14(12)23/h1-5,8-9H,6-7H2,(H,24,26)/b15-8-. The maximum Gasteiger partial charge on any atom is 0.293 e. The van der Waals surface area contributed by atoms with E-state index in [0.29, 0.717) is 16.7 Å². The van der Waals surface area contributed by atoms with E-state index in [0.717, 1.165) is 28.8 Å². The Balaban J connectivity index is 1.64. The van der Waals surface area contributed by atoms with Crippen molar-refractivity contribution in [3.63, 3.8) is 0 Å². The van der Waals surface area contributed by atoms with E-state index in [9.17, 15) is 23.2 Å². The van der Waals surface area contributed by atoms with Crippen LogP contribution in [0.4, 0.5) is 13.6 Å². The molecular weight excluding hydrogens is 445 g/mol. The first kappa shape index (κ1) is 21.3. The number of nitrogens with zero attached hydrogens (tertiary/aromatic N) is 1. The maximum absolute atomic E-state index is 13.6. The second-order valence-electron chi connectivity index (χ2n) is 5.86. The van der Waals surface area contributed by atoms with E-state index in [1.165, 1.54) is 6.08 Å². The Labute approximate surface area is 178 Å². The van der Waals surface area contributed by atoms with Gasteiger partial charge < -0.3 is 5.32 Å². The molecule has 0 aliphatic carbocycles. The van der Waals surface area contributed by atoms with E-state index in [2.05, 4.69) is 5.32 Å². The van der Waals surface area contributed by atoms with Gasteiger partial charge in [-0.25, -0.2) is 8.78 Å². The second-order valence-corrected chi connectivity index (χ2v) is 7.63. The quantitative estimate of drug-likeness (QED) is 0.659. The number of amides is 3. The molecule has 2 aromatic carbocycles. The van der Waals surface area contributed by atoms with Crippen LogP contribution in [0.5, 0.6) is 0 Å². The summed E-state index contributed by atoms with van der Waals surface area (Å²) in [5, 5.41) is 2.46. The van der Waals surface area contributed by atoms with Crippen LogP contribution in [0.3, 0.4) is 0 Å². The van der Waals surface area contributed by atoms with Gasteiger partial charge in [-0.05, 0) is 41.6 Å². The zero-order valence-corrected chi connectivity index (χ0v) is 16.9. The van der Waals surface area contributed by atoms with Gasteiger partial charge in [0.25, 0.3) is 17.1 Å². The monoisotopic (exact) mass is 456 g/mol. The number of halogens is 4. The molecule has 0 unspecified atom stereocenters. The van der Waals surface area contributed by atoms with Crippen LogP contribution in [-0.2, 0) is 4.79 Å². The zero-order chi connectivity index (χ0) is 21.1. The summed E-state index contributed by atoms with van der Waals surface area (Å²) < 4.78 is 26.5. The van der Waals surface area contributed by atoms with Crippen molar-refractivity contribution in [3.05, 3.63) is 74.1 Å². The SMILES string of the molecule is O=C(NCCN1C(=O)S/C(=C\c2cccc(Cl)c2Cl)C1=O)c1ccc(F)cc1F. The molecular formula is C19H12Cl2F2N2O3S. The number of rotatable bonds is 5. The lowest BCUT2D eigenvalue weighted by atomic mass is 10.2. The van der Waals surface area contributed by atoms with Crippen molar-refractivity contribution < 1.29 is 23.2 Å². The molecule has 1 aliphatic heterocycles. The summed E-state index contributed by atoms with van der Waals surface area (Å²) in [5.74, 6) is -3.13. The van der Waals surface area contributed by atoms with E-state index in [-0.39, 0.29) is 28.6 Å². The van der Waals surface area contributed by atoms with Crippen LogP contribution >= 0.6 is 35.0 Å². The van der Waals surface area contributed by atoms with Crippen LogP contribution in [-0.4, -0.2) is 35.0 Å².